The lowest BCUT2D eigenvalue weighted by atomic mass is 9.71. The van der Waals surface area contributed by atoms with Gasteiger partial charge in [0.25, 0.3) is 41.9 Å². The number of nitrogens with two attached hydrogens (primary N) is 1. The quantitative estimate of drug-likeness (QED) is 0.0324. The number of aromatic nitrogens is 3. The predicted molar refractivity (Wildman–Crippen MR) is 400 cm³/mol. The minimum atomic E-state index is -3.92. The minimum absolute atomic E-state index is 0.0423. The van der Waals surface area contributed by atoms with Crippen LogP contribution in [0.2, 0.25) is 0 Å². The summed E-state index contributed by atoms with van der Waals surface area (Å²) in [4.78, 5) is 77.4. The number of hydrogen-bond acceptors (Lipinski definition) is 20. The number of carbonyl (C=O) groups is 5. The number of β-amino-alcohol motifs (C(OH)–C–C–N with tert-alkyl or cyclic N) is 3. The molecule has 6 fully saturated rings. The highest BCUT2D eigenvalue weighted by Gasteiger charge is 2.44. The highest BCUT2D eigenvalue weighted by atomic mass is 32.2. The van der Waals surface area contributed by atoms with Gasteiger partial charge in [-0.3, -0.25) is 24.0 Å². The number of rotatable bonds is 22. The van der Waals surface area contributed by atoms with Crippen molar-refractivity contribution in [1.29, 1.82) is 0 Å². The zero-order chi connectivity index (χ0) is 77.3. The van der Waals surface area contributed by atoms with E-state index in [0.29, 0.717) is 57.8 Å². The number of carbonyl (C=O) groups excluding carboxylic acids is 5. The second-order valence-electron chi connectivity index (χ2n) is 31.4. The molecule has 8 heterocycles. The molecule has 5 aromatic rings. The standard InChI is InChI=1S/2C27H38N4O6S.C22H36N4O4S/c2*1-19-11-12-20(22(32)18-31(19)38(35,36)24-10-4-7-15-28-24)29-25(33)21(17-27(2)13-5-3-6-14-27)30-26(34)23-9-8-16-37-23;1-16-9-10-18(25-21(28)17(23)14-22(2)11-5-3-6-12-22)19(27)15-26(16)31(29,30)20-8-4-7-13-24-20/h2*4,7-10,15-16,19-22,32H,3,5-6,11-14,17-18H2,1-2H3,(H,29,33)(H,30,34);4,7-8,13,16-19,27H,3,5-6,9-12,14-15,23H2,1-2H3,(H,25,28)/t2*19-,20+,21?,22+;16-,17?,18+,19+/m111/s1. The van der Waals surface area contributed by atoms with Crippen molar-refractivity contribution in [1.82, 2.24) is 54.5 Å². The lowest BCUT2D eigenvalue weighted by Gasteiger charge is -2.37. The van der Waals surface area contributed by atoms with E-state index in [9.17, 15) is 64.5 Å². The molecule has 3 aliphatic carbocycles. The Labute approximate surface area is 630 Å². The van der Waals surface area contributed by atoms with Crippen molar-refractivity contribution in [3.8, 4) is 0 Å². The smallest absolute Gasteiger partial charge is 0.287 e. The van der Waals surface area contributed by atoms with Crippen molar-refractivity contribution in [3.63, 3.8) is 0 Å². The Morgan fingerprint density at radius 3 is 1.03 bits per heavy atom. The van der Waals surface area contributed by atoms with Crippen molar-refractivity contribution in [2.45, 2.75) is 283 Å². The molecule has 590 valence electrons. The number of aliphatic hydroxyl groups is 3. The van der Waals surface area contributed by atoms with Crippen LogP contribution in [0.5, 0.6) is 0 Å². The molecule has 5 aromatic heterocycles. The van der Waals surface area contributed by atoms with Crippen LogP contribution in [0, 0.1) is 16.2 Å². The van der Waals surface area contributed by atoms with Crippen LogP contribution in [0.1, 0.15) is 217 Å². The monoisotopic (exact) mass is 1540 g/mol. The Kier molecular flexibility index (Phi) is 29.5. The molecule has 3 saturated heterocycles. The van der Waals surface area contributed by atoms with Crippen LogP contribution in [-0.2, 0) is 44.5 Å². The number of aliphatic hydroxyl groups excluding tert-OH is 3. The molecule has 10 N–H and O–H groups in total. The first-order valence-corrected chi connectivity index (χ1v) is 42.3. The molecule has 0 spiro atoms. The van der Waals surface area contributed by atoms with E-state index in [0.717, 1.165) is 77.0 Å². The number of amides is 5. The first-order valence-electron chi connectivity index (χ1n) is 38.0. The van der Waals surface area contributed by atoms with Gasteiger partial charge in [0.2, 0.25) is 17.7 Å². The fourth-order valence-electron chi connectivity index (χ4n) is 16.1. The summed E-state index contributed by atoms with van der Waals surface area (Å²) >= 11 is 0. The third kappa shape index (κ3) is 22.6. The van der Waals surface area contributed by atoms with Crippen LogP contribution < -0.4 is 32.3 Å². The van der Waals surface area contributed by atoms with Crippen molar-refractivity contribution in [2.75, 3.05) is 19.6 Å². The van der Waals surface area contributed by atoms with E-state index in [2.05, 4.69) is 62.3 Å². The summed E-state index contributed by atoms with van der Waals surface area (Å²) in [5.41, 5.74) is 6.12. The number of hydrogen-bond donors (Lipinski definition) is 9. The number of pyridine rings is 3. The largest absolute Gasteiger partial charge is 0.459 e. The van der Waals surface area contributed by atoms with Crippen LogP contribution in [0.25, 0.3) is 0 Å². The SMILES string of the molecule is C[C@@H]1CC[C@H](NC(=O)C(CC2(C)CCCCC2)NC(=O)c2ccco2)[C@@H](O)CN1S(=O)(=O)c1ccccn1.C[C@@H]1CC[C@H](NC(=O)C(CC2(C)CCCCC2)NC(=O)c2ccco2)[C@@H](O)CN1S(=O)(=O)c1ccccn1.C[C@@H]1CC[C@H](NC(=O)C(N)CC2(C)CCCCC2)[C@@H](O)CN1S(=O)(=O)c1ccccn1. The van der Waals surface area contributed by atoms with Gasteiger partial charge in [-0.1, -0.05) is 96.8 Å². The molecular formula is C76H112N12O16S3. The molecule has 31 heteroatoms. The number of nitrogens with zero attached hydrogens (tertiary/aromatic N) is 6. The van der Waals surface area contributed by atoms with Crippen LogP contribution in [-0.4, -0.2) is 190 Å². The summed E-state index contributed by atoms with van der Waals surface area (Å²) in [5, 5.41) is 47.1. The van der Waals surface area contributed by atoms with Gasteiger partial charge in [-0.25, -0.2) is 40.2 Å². The second-order valence-corrected chi connectivity index (χ2v) is 36.9. The van der Waals surface area contributed by atoms with Gasteiger partial charge in [0, 0.05) is 56.4 Å². The first kappa shape index (κ1) is 84.0. The Balaban J connectivity index is 0.000000187. The maximum Gasteiger partial charge on any atom is 0.287 e. The lowest BCUT2D eigenvalue weighted by molar-refractivity contribution is -0.126. The van der Waals surface area contributed by atoms with Crippen LogP contribution in [0.15, 0.2) is 134 Å². The van der Waals surface area contributed by atoms with E-state index < -0.39 is 120 Å². The van der Waals surface area contributed by atoms with Crippen LogP contribution >= 0.6 is 0 Å². The van der Waals surface area contributed by atoms with Gasteiger partial charge in [-0.15, -0.1) is 0 Å². The average Bonchev–Trinajstić information content (AvgIpc) is 1.78. The second kappa shape index (κ2) is 37.6. The van der Waals surface area contributed by atoms with E-state index in [-0.39, 0.29) is 74.4 Å². The Hall–Kier alpha value is -7.07. The van der Waals surface area contributed by atoms with Gasteiger partial charge in [0.15, 0.2) is 26.6 Å². The van der Waals surface area contributed by atoms with Gasteiger partial charge in [-0.2, -0.15) is 12.9 Å². The Morgan fingerprint density at radius 1 is 0.449 bits per heavy atom. The van der Waals surface area contributed by atoms with E-state index in [1.54, 1.807) is 74.5 Å². The van der Waals surface area contributed by atoms with E-state index >= 15 is 0 Å². The molecular weight excluding hydrogens is 1430 g/mol. The third-order valence-electron chi connectivity index (χ3n) is 22.6. The predicted octanol–water partition coefficient (Wildman–Crippen LogP) is 7.49. The molecule has 3 unspecified atom stereocenters. The Bertz CT molecular complexity index is 3830. The summed E-state index contributed by atoms with van der Waals surface area (Å²) < 4.78 is 93.2. The fraction of sp³-hybridized carbons (Fsp3) is 0.632. The maximum absolute atomic E-state index is 13.6. The first-order chi connectivity index (χ1) is 50.8. The summed E-state index contributed by atoms with van der Waals surface area (Å²) in [6, 6.07) is 15.1. The van der Waals surface area contributed by atoms with Gasteiger partial charge in [0.1, 0.15) is 12.1 Å². The third-order valence-corrected chi connectivity index (χ3v) is 28.3. The lowest BCUT2D eigenvalue weighted by Crippen LogP contribution is -2.55. The van der Waals surface area contributed by atoms with E-state index in [4.69, 9.17) is 14.6 Å². The highest BCUT2D eigenvalue weighted by Crippen LogP contribution is 2.42. The van der Waals surface area contributed by atoms with Gasteiger partial charge in [0.05, 0.1) is 55.0 Å². The molecule has 6 aliphatic rings. The molecule has 3 aliphatic heterocycles. The van der Waals surface area contributed by atoms with Crippen LogP contribution in [0.4, 0.5) is 0 Å². The van der Waals surface area contributed by atoms with Gasteiger partial charge < -0.3 is 56.5 Å². The fourth-order valence-corrected chi connectivity index (χ4v) is 20.9. The summed E-state index contributed by atoms with van der Waals surface area (Å²) in [6.07, 6.45) is 24.2. The van der Waals surface area contributed by atoms with Crippen molar-refractivity contribution < 1.29 is 73.4 Å². The molecule has 12 atom stereocenters. The molecule has 3 saturated carbocycles. The maximum atomic E-state index is 13.6. The molecule has 28 nitrogen and oxygen atoms in total. The molecule has 0 bridgehead atoms. The minimum Gasteiger partial charge on any atom is -0.459 e. The van der Waals surface area contributed by atoms with Crippen molar-refractivity contribution >= 4 is 59.6 Å². The topological polar surface area (TPSA) is 409 Å². The zero-order valence-electron chi connectivity index (χ0n) is 62.5. The van der Waals surface area contributed by atoms with Crippen LogP contribution in [0.3, 0.4) is 0 Å². The molecule has 11 rings (SSSR count). The van der Waals surface area contributed by atoms with E-state index in [1.165, 1.54) is 81.5 Å². The molecule has 5 amide bonds. The summed E-state index contributed by atoms with van der Waals surface area (Å²) in [6.45, 7) is 11.4. The molecule has 0 radical (unpaired) electrons. The number of furan rings is 2. The Morgan fingerprint density at radius 2 is 0.748 bits per heavy atom. The number of nitrogens with one attached hydrogen (secondary N) is 5. The average molecular weight is 1550 g/mol. The van der Waals surface area contributed by atoms with Gasteiger partial charge in [-0.05, 0) is 194 Å². The normalized spacial score (nSPS) is 26.1. The summed E-state index contributed by atoms with van der Waals surface area (Å²) in [7, 11) is -11.7. The van der Waals surface area contributed by atoms with Crippen molar-refractivity contribution in [2.24, 2.45) is 22.0 Å². The highest BCUT2D eigenvalue weighted by molar-refractivity contribution is 7.89. The molecule has 0 aromatic carbocycles. The zero-order valence-corrected chi connectivity index (χ0v) is 65.0. The van der Waals surface area contributed by atoms with Crippen molar-refractivity contribution in [3.05, 3.63) is 122 Å². The summed E-state index contributed by atoms with van der Waals surface area (Å²) in [5.74, 6) is -1.77. The molecule has 107 heavy (non-hydrogen) atoms. The van der Waals surface area contributed by atoms with E-state index in [1.807, 2.05) is 6.92 Å². The van der Waals surface area contributed by atoms with Gasteiger partial charge >= 0.3 is 0 Å². The number of sulfonamides is 3.